The summed E-state index contributed by atoms with van der Waals surface area (Å²) in [6, 6.07) is 102. The van der Waals surface area contributed by atoms with Crippen molar-refractivity contribution < 1.29 is 9.59 Å². The number of hydrogen-bond acceptors (Lipinski definition) is 2. The maximum Gasteiger partial charge on any atom is 0.643 e. The van der Waals surface area contributed by atoms with E-state index in [2.05, 4.69) is 311 Å². The number of unbranched alkanes of at least 4 members (excludes halogenated alkanes) is 8. The van der Waals surface area contributed by atoms with E-state index in [1.165, 1.54) is 143 Å². The third-order valence-electron chi connectivity index (χ3n) is 18.9. The molecule has 0 fully saturated rings. The highest BCUT2D eigenvalue weighted by Gasteiger charge is 2.18. The highest BCUT2D eigenvalue weighted by Crippen LogP contribution is 2.38. The van der Waals surface area contributed by atoms with Gasteiger partial charge in [-0.15, -0.1) is 0 Å². The van der Waals surface area contributed by atoms with E-state index in [0.717, 1.165) is 59.0 Å². The third-order valence-corrected chi connectivity index (χ3v) is 19.1. The lowest BCUT2D eigenvalue weighted by Gasteiger charge is -2.11. The van der Waals surface area contributed by atoms with Crippen molar-refractivity contribution in [3.05, 3.63) is 291 Å². The van der Waals surface area contributed by atoms with Gasteiger partial charge >= 0.3 is 11.4 Å². The number of carbonyl (C=O) groups is 2. The summed E-state index contributed by atoms with van der Waals surface area (Å²) in [5.41, 5.74) is 19.8. The Hall–Kier alpha value is -9.13. The van der Waals surface area contributed by atoms with Crippen LogP contribution in [0.5, 0.6) is 0 Å². The summed E-state index contributed by atoms with van der Waals surface area (Å²) < 4.78 is 9.39. The van der Waals surface area contributed by atoms with E-state index in [1.807, 2.05) is 6.07 Å². The molecule has 0 unspecified atom stereocenters. The van der Waals surface area contributed by atoms with Crippen LogP contribution < -0.4 is 0 Å². The van der Waals surface area contributed by atoms with Crippen LogP contribution in [-0.2, 0) is 4.79 Å². The number of para-hydroxylation sites is 7. The van der Waals surface area contributed by atoms with Gasteiger partial charge in [-0.1, -0.05) is 241 Å². The van der Waals surface area contributed by atoms with Crippen LogP contribution in [0.15, 0.2) is 285 Å². The number of hydrogen-bond donors (Lipinski definition) is 0. The zero-order chi connectivity index (χ0) is 68.2. The fourth-order valence-corrected chi connectivity index (χ4v) is 14.3. The molecule has 4 aromatic heterocycles. The lowest BCUT2D eigenvalue weighted by molar-refractivity contribution is -0.111. The van der Waals surface area contributed by atoms with Crippen molar-refractivity contribution in [2.24, 2.45) is 0 Å². The van der Waals surface area contributed by atoms with Crippen molar-refractivity contribution >= 4 is 151 Å². The average molecular weight is 1390 g/mol. The van der Waals surface area contributed by atoms with Gasteiger partial charge < -0.3 is 18.3 Å². The molecule has 16 rings (SSSR count). The van der Waals surface area contributed by atoms with E-state index in [1.54, 1.807) is 0 Å². The van der Waals surface area contributed by atoms with Crippen molar-refractivity contribution in [3.8, 4) is 45.0 Å². The normalized spacial score (nSPS) is 11.3. The maximum absolute atomic E-state index is 13.1. The molecule has 0 spiro atoms. The highest BCUT2D eigenvalue weighted by atomic mass is 35.8. The monoisotopic (exact) mass is 1390 g/mol. The summed E-state index contributed by atoms with van der Waals surface area (Å²) in [5.74, 6) is 0.244. The van der Waals surface area contributed by atoms with Crippen LogP contribution in [0.1, 0.15) is 101 Å². The number of ketones is 1. The van der Waals surface area contributed by atoms with Gasteiger partial charge in [0.1, 0.15) is 0 Å². The van der Waals surface area contributed by atoms with Gasteiger partial charge in [-0.2, -0.15) is 0 Å². The van der Waals surface area contributed by atoms with Crippen LogP contribution in [-0.4, -0.2) is 40.7 Å². The summed E-state index contributed by atoms with van der Waals surface area (Å²) in [5, 5.41) is 9.78. The molecule has 0 aliphatic carbocycles. The maximum atomic E-state index is 13.1. The summed E-state index contributed by atoms with van der Waals surface area (Å²) in [4.78, 5) is 23.3. The lowest BCUT2D eigenvalue weighted by Crippen LogP contribution is -1.99. The van der Waals surface area contributed by atoms with Crippen molar-refractivity contribution in [2.45, 2.75) is 90.9 Å². The predicted octanol–water partition coefficient (Wildman–Crippen LogP) is 26.4. The Morgan fingerprint density at radius 3 is 0.778 bits per heavy atom. The second-order valence-corrected chi connectivity index (χ2v) is 32.1. The number of aromatic nitrogens is 4. The third kappa shape index (κ3) is 15.1. The Balaban J connectivity index is 0.000000151. The van der Waals surface area contributed by atoms with Crippen molar-refractivity contribution in [1.82, 2.24) is 18.3 Å². The predicted molar refractivity (Wildman–Crippen MR) is 426 cm³/mol. The van der Waals surface area contributed by atoms with Crippen LogP contribution in [0.2, 0.25) is 0 Å². The van der Waals surface area contributed by atoms with Gasteiger partial charge in [-0.3, -0.25) is 9.59 Å². The molecule has 492 valence electrons. The molecular weight excluding hydrogens is 1310 g/mol. The second-order valence-electron chi connectivity index (χ2n) is 25.2. The summed E-state index contributed by atoms with van der Waals surface area (Å²) in [6.07, 6.45) is 12.8. The van der Waals surface area contributed by atoms with E-state index in [0.29, 0.717) is 12.8 Å². The smallest absolute Gasteiger partial charge is 0.309 e. The van der Waals surface area contributed by atoms with Crippen LogP contribution in [0.4, 0.5) is 0 Å². The van der Waals surface area contributed by atoms with E-state index in [-0.39, 0.29) is 11.0 Å². The number of Topliss-reactive ketones (excluding diaryl/α,β-unsaturated/α-hetero) is 1. The molecule has 99 heavy (non-hydrogen) atoms. The SMILES string of the molecule is CCCCCCCC(=O)Cl.CCCCCCCC(=O)c1ccc2c(c1)c1ccccc1n2-c1ccc(-c2ccc(-n3c4ccccc4c4ccccc43)cc2)cc1.[Cl][Al]([Cl])[Cl].c1ccc2c(c1)c1ccccc1n2-c1ccc(-c2ccc(-n3c4ccccc4c4ccccc43)cc2)cc1. The largest absolute Gasteiger partial charge is 0.643 e. The van der Waals surface area contributed by atoms with Crippen LogP contribution >= 0.6 is 41.7 Å². The molecule has 0 aliphatic rings. The Morgan fingerprint density at radius 2 is 0.515 bits per heavy atom. The molecule has 0 saturated carbocycles. The highest BCUT2D eigenvalue weighted by molar-refractivity contribution is 7.54. The Bertz CT molecular complexity index is 5140. The topological polar surface area (TPSA) is 53.9 Å². The van der Waals surface area contributed by atoms with Gasteiger partial charge in [-0.25, -0.2) is 30.1 Å². The minimum Gasteiger partial charge on any atom is -0.309 e. The molecule has 12 aromatic carbocycles. The van der Waals surface area contributed by atoms with Gasteiger partial charge in [0.15, 0.2) is 5.78 Å². The number of nitrogens with zero attached hydrogens (tertiary/aromatic N) is 4. The number of rotatable bonds is 19. The summed E-state index contributed by atoms with van der Waals surface area (Å²) >= 11 is 3.43. The molecule has 0 saturated heterocycles. The van der Waals surface area contributed by atoms with E-state index < -0.39 is 11.4 Å². The van der Waals surface area contributed by atoms with Gasteiger partial charge in [0.25, 0.3) is 0 Å². The molecule has 0 radical (unpaired) electrons. The van der Waals surface area contributed by atoms with E-state index in [4.69, 9.17) is 41.7 Å². The molecular formula is C88H77AlCl4N4O2. The Morgan fingerprint density at radius 1 is 0.283 bits per heavy atom. The van der Waals surface area contributed by atoms with E-state index >= 15 is 0 Å². The molecule has 16 aromatic rings. The molecule has 0 atom stereocenters. The summed E-state index contributed by atoms with van der Waals surface area (Å²) in [7, 11) is 14.8. The Kier molecular flexibility index (Phi) is 22.3. The van der Waals surface area contributed by atoms with Crippen molar-refractivity contribution in [2.75, 3.05) is 0 Å². The van der Waals surface area contributed by atoms with Crippen LogP contribution in [0.25, 0.3) is 132 Å². The average Bonchev–Trinajstić information content (AvgIpc) is 1.63. The van der Waals surface area contributed by atoms with Crippen LogP contribution in [0, 0.1) is 0 Å². The number of halogens is 4. The first-order valence-electron chi connectivity index (χ1n) is 34.6. The molecule has 4 heterocycles. The molecule has 0 aliphatic heterocycles. The van der Waals surface area contributed by atoms with Crippen LogP contribution in [0.3, 0.4) is 0 Å². The van der Waals surface area contributed by atoms with Crippen molar-refractivity contribution in [3.63, 3.8) is 0 Å². The minimum absolute atomic E-state index is 0.198. The second kappa shape index (κ2) is 32.2. The molecule has 6 nitrogen and oxygen atoms in total. The molecule has 0 bridgehead atoms. The zero-order valence-corrected chi connectivity index (χ0v) is 60.0. The van der Waals surface area contributed by atoms with Gasteiger partial charge in [0.2, 0.25) is 5.24 Å². The number of carbonyl (C=O) groups excluding carboxylic acids is 2. The number of benzene rings is 12. The number of fused-ring (bicyclic) bond motifs is 12. The fraction of sp³-hybridized carbons (Fsp3) is 0.159. The standard InChI is InChI=1S/C44H38N2O.C36H24N2.C8H15ClO.Al.3ClH/c1-2-3-4-5-6-19-44(47)33-24-29-43-39(30-33)38-15-9-12-18-42(38)46(43)35-27-22-32(23-28-35)31-20-25-34(26-21-31)45-40-16-10-7-13-36(40)37-14-8-11-17-41(37)45;1-5-13-33-29(9-1)30-10-2-6-14-34(30)37(33)27-21-17-25(18-22-27)26-19-23-28(24-20-26)38-35-15-7-3-11-31(35)32-12-4-8-16-36(32)38;1-2-3-4-5-6-7-8(9)10;;;;/h7-18,20-30H,2-6,19H2,1H3;1-24H;2-7H2,1H3;;3*1H/q;;;+3;;;/p-3. The molecule has 0 amide bonds. The Labute approximate surface area is 601 Å². The zero-order valence-electron chi connectivity index (χ0n) is 55.8. The fourth-order valence-electron chi connectivity index (χ4n) is 14.1. The van der Waals surface area contributed by atoms with Gasteiger partial charge in [0.05, 0.1) is 44.1 Å². The molecule has 11 heteroatoms. The first-order chi connectivity index (χ1) is 48.6. The van der Waals surface area contributed by atoms with E-state index in [9.17, 15) is 9.59 Å². The minimum atomic E-state index is -1.72. The van der Waals surface area contributed by atoms with Gasteiger partial charge in [0, 0.05) is 84.2 Å². The summed E-state index contributed by atoms with van der Waals surface area (Å²) in [6.45, 7) is 4.39. The first kappa shape index (κ1) is 68.4. The first-order valence-corrected chi connectivity index (χ1v) is 40.2. The van der Waals surface area contributed by atoms with Crippen molar-refractivity contribution in [1.29, 1.82) is 0 Å². The quantitative estimate of drug-likeness (QED) is 0.0351. The lowest BCUT2D eigenvalue weighted by atomic mass is 10.0. The van der Waals surface area contributed by atoms with Gasteiger partial charge in [-0.05, 0) is 156 Å². The molecule has 0 N–H and O–H groups in total.